The molecule has 29 heavy (non-hydrogen) atoms. The maximum atomic E-state index is 13.4. The average molecular weight is 406 g/mol. The number of alkyl halides is 2. The third-order valence-electron chi connectivity index (χ3n) is 4.28. The van der Waals surface area contributed by atoms with Gasteiger partial charge in [0.15, 0.2) is 5.60 Å². The van der Waals surface area contributed by atoms with Crippen LogP contribution < -0.4 is 10.8 Å². The molecule has 1 heterocycles. The van der Waals surface area contributed by atoms with Crippen LogP contribution in [0.1, 0.15) is 28.5 Å². The van der Waals surface area contributed by atoms with E-state index in [2.05, 4.69) is 22.1 Å². The first kappa shape index (κ1) is 22.0. The van der Waals surface area contributed by atoms with Crippen molar-refractivity contribution in [3.8, 4) is 11.8 Å². The molecule has 3 N–H and O–H groups in total. The number of hydrogen-bond acceptors (Lipinski definition) is 5. The Bertz CT molecular complexity index is 934. The van der Waals surface area contributed by atoms with E-state index >= 15 is 0 Å². The number of rotatable bonds is 6. The van der Waals surface area contributed by atoms with Crippen molar-refractivity contribution >= 4 is 11.8 Å². The van der Waals surface area contributed by atoms with Gasteiger partial charge in [-0.25, -0.2) is 19.2 Å². The van der Waals surface area contributed by atoms with E-state index in [1.54, 1.807) is 29.2 Å². The number of aromatic nitrogens is 2. The SMILES string of the molecule is COC(C)(C(F)F)[C@H](NC(=O)c1ccc(C#Cc2cn(C)cn2)cc1)C(=O)NO. The first-order chi connectivity index (χ1) is 13.7. The number of amides is 2. The predicted octanol–water partition coefficient (Wildman–Crippen LogP) is 1.09. The fourth-order valence-corrected chi connectivity index (χ4v) is 2.40. The minimum atomic E-state index is -3.11. The predicted molar refractivity (Wildman–Crippen MR) is 98.2 cm³/mol. The number of hydrogen-bond donors (Lipinski definition) is 3. The van der Waals surface area contributed by atoms with Gasteiger partial charge in [0.05, 0.1) is 6.33 Å². The summed E-state index contributed by atoms with van der Waals surface area (Å²) in [4.78, 5) is 28.4. The first-order valence-corrected chi connectivity index (χ1v) is 8.39. The summed E-state index contributed by atoms with van der Waals surface area (Å²) >= 11 is 0. The Morgan fingerprint density at radius 2 is 1.93 bits per heavy atom. The molecule has 1 unspecified atom stereocenters. The summed E-state index contributed by atoms with van der Waals surface area (Å²) in [6.45, 7) is 0.953. The van der Waals surface area contributed by atoms with Gasteiger partial charge in [0.25, 0.3) is 18.2 Å². The van der Waals surface area contributed by atoms with Gasteiger partial charge in [-0.1, -0.05) is 5.92 Å². The van der Waals surface area contributed by atoms with Gasteiger partial charge in [0.2, 0.25) is 0 Å². The molecule has 0 saturated carbocycles. The fourth-order valence-electron chi connectivity index (χ4n) is 2.40. The molecule has 8 nitrogen and oxygen atoms in total. The highest BCUT2D eigenvalue weighted by molar-refractivity contribution is 5.97. The Hall–Kier alpha value is -3.29. The molecule has 0 radical (unpaired) electrons. The van der Waals surface area contributed by atoms with E-state index in [9.17, 15) is 18.4 Å². The summed E-state index contributed by atoms with van der Waals surface area (Å²) in [7, 11) is 2.80. The quantitative estimate of drug-likeness (QED) is 0.378. The van der Waals surface area contributed by atoms with Crippen LogP contribution in [0.15, 0.2) is 36.8 Å². The summed E-state index contributed by atoms with van der Waals surface area (Å²) in [6, 6.07) is 4.15. The van der Waals surface area contributed by atoms with Crippen LogP contribution in [-0.2, 0) is 16.6 Å². The maximum absolute atomic E-state index is 13.4. The monoisotopic (exact) mass is 406 g/mol. The molecule has 0 spiro atoms. The van der Waals surface area contributed by atoms with E-state index in [1.807, 2.05) is 7.05 Å². The number of halogens is 2. The van der Waals surface area contributed by atoms with Crippen LogP contribution in [0.3, 0.4) is 0 Å². The molecule has 0 saturated heterocycles. The average Bonchev–Trinajstić information content (AvgIpc) is 3.14. The molecule has 2 amide bonds. The highest BCUT2D eigenvalue weighted by Gasteiger charge is 2.48. The number of methoxy groups -OCH3 is 1. The number of imidazole rings is 1. The number of benzene rings is 1. The molecule has 0 aliphatic carbocycles. The zero-order chi connectivity index (χ0) is 21.6. The molecule has 1 aromatic carbocycles. The number of carbonyl (C=O) groups is 2. The van der Waals surface area contributed by atoms with E-state index < -0.39 is 29.9 Å². The number of ether oxygens (including phenoxy) is 1. The molecule has 10 heteroatoms. The van der Waals surface area contributed by atoms with Gasteiger partial charge in [0.1, 0.15) is 11.7 Å². The maximum Gasteiger partial charge on any atom is 0.269 e. The van der Waals surface area contributed by atoms with Crippen LogP contribution in [0.4, 0.5) is 8.78 Å². The molecule has 154 valence electrons. The molecule has 2 atom stereocenters. The smallest absolute Gasteiger partial charge is 0.269 e. The number of nitrogens with one attached hydrogen (secondary N) is 2. The van der Waals surface area contributed by atoms with Crippen LogP contribution in [-0.4, -0.2) is 51.8 Å². The Kier molecular flexibility index (Phi) is 7.03. The van der Waals surface area contributed by atoms with Gasteiger partial charge in [-0.15, -0.1) is 0 Å². The number of hydroxylamine groups is 1. The standard InChI is InChI=1S/C19H20F2N4O4/c1-19(29-3,18(20)21)15(17(27)24-28)23-16(26)13-7-4-12(5-8-13)6-9-14-10-25(2)11-22-14/h4-5,7-8,10-11,15,18,28H,1-3H3,(H,23,26)(H,24,27)/t15-,19?/m1/s1. The molecule has 0 fully saturated rings. The molecular formula is C19H20F2N4O4. The molecule has 1 aromatic heterocycles. The van der Waals surface area contributed by atoms with Crippen LogP contribution in [0.25, 0.3) is 0 Å². The van der Waals surface area contributed by atoms with Gasteiger partial charge in [-0.3, -0.25) is 14.8 Å². The van der Waals surface area contributed by atoms with Crippen molar-refractivity contribution in [1.29, 1.82) is 0 Å². The lowest BCUT2D eigenvalue weighted by atomic mass is 9.95. The van der Waals surface area contributed by atoms with Crippen molar-refractivity contribution in [3.05, 3.63) is 53.6 Å². The Labute approximate surface area is 165 Å². The second kappa shape index (κ2) is 9.27. The number of nitrogens with zero attached hydrogens (tertiary/aromatic N) is 2. The van der Waals surface area contributed by atoms with Crippen molar-refractivity contribution < 1.29 is 28.3 Å². The van der Waals surface area contributed by atoms with E-state index in [0.29, 0.717) is 11.3 Å². The topological polar surface area (TPSA) is 105 Å². The fraction of sp³-hybridized carbons (Fsp3) is 0.316. The van der Waals surface area contributed by atoms with Gasteiger partial charge in [0, 0.05) is 31.5 Å². The highest BCUT2D eigenvalue weighted by atomic mass is 19.3. The molecular weight excluding hydrogens is 386 g/mol. The largest absolute Gasteiger partial charge is 0.370 e. The van der Waals surface area contributed by atoms with Gasteiger partial charge < -0.3 is 14.6 Å². The lowest BCUT2D eigenvalue weighted by molar-refractivity contribution is -0.157. The van der Waals surface area contributed by atoms with Gasteiger partial charge >= 0.3 is 0 Å². The lowest BCUT2D eigenvalue weighted by Gasteiger charge is -2.34. The number of carbonyl (C=O) groups excluding carboxylic acids is 2. The summed E-state index contributed by atoms with van der Waals surface area (Å²) in [5.41, 5.74) is 0.209. The Morgan fingerprint density at radius 3 is 2.41 bits per heavy atom. The second-order valence-corrected chi connectivity index (χ2v) is 6.32. The summed E-state index contributed by atoms with van der Waals surface area (Å²) < 4.78 is 33.3. The van der Waals surface area contributed by atoms with Crippen molar-refractivity contribution in [2.45, 2.75) is 25.0 Å². The molecule has 0 aliphatic heterocycles. The first-order valence-electron chi connectivity index (χ1n) is 8.39. The second-order valence-electron chi connectivity index (χ2n) is 6.32. The highest BCUT2D eigenvalue weighted by Crippen LogP contribution is 2.24. The van der Waals surface area contributed by atoms with Crippen LogP contribution in [0.2, 0.25) is 0 Å². The van der Waals surface area contributed by atoms with Crippen molar-refractivity contribution in [2.75, 3.05) is 7.11 Å². The van der Waals surface area contributed by atoms with Crippen LogP contribution in [0, 0.1) is 11.8 Å². The van der Waals surface area contributed by atoms with E-state index in [4.69, 9.17) is 9.94 Å². The van der Waals surface area contributed by atoms with Crippen LogP contribution in [0.5, 0.6) is 0 Å². The van der Waals surface area contributed by atoms with Crippen LogP contribution >= 0.6 is 0 Å². The zero-order valence-corrected chi connectivity index (χ0v) is 15.9. The van der Waals surface area contributed by atoms with E-state index in [0.717, 1.165) is 14.0 Å². The Morgan fingerprint density at radius 1 is 1.28 bits per heavy atom. The minimum Gasteiger partial charge on any atom is -0.370 e. The third-order valence-corrected chi connectivity index (χ3v) is 4.28. The summed E-state index contributed by atoms with van der Waals surface area (Å²) in [5, 5.41) is 11.0. The number of aryl methyl sites for hydroxylation is 1. The van der Waals surface area contributed by atoms with Crippen molar-refractivity contribution in [1.82, 2.24) is 20.3 Å². The summed E-state index contributed by atoms with van der Waals surface area (Å²) in [5.74, 6) is 3.71. The lowest BCUT2D eigenvalue weighted by Crippen LogP contribution is -2.62. The molecule has 2 aromatic rings. The molecule has 0 aliphatic rings. The minimum absolute atomic E-state index is 0.108. The normalized spacial score (nSPS) is 13.8. The van der Waals surface area contributed by atoms with Gasteiger partial charge in [-0.05, 0) is 37.1 Å². The van der Waals surface area contributed by atoms with Gasteiger partial charge in [-0.2, -0.15) is 0 Å². The van der Waals surface area contributed by atoms with Crippen molar-refractivity contribution in [3.63, 3.8) is 0 Å². The third kappa shape index (κ3) is 5.16. The zero-order valence-electron chi connectivity index (χ0n) is 15.9. The molecule has 0 bridgehead atoms. The van der Waals surface area contributed by atoms with E-state index in [-0.39, 0.29) is 5.56 Å². The Balaban J connectivity index is 2.18. The summed E-state index contributed by atoms with van der Waals surface area (Å²) in [6.07, 6.45) is 0.250. The van der Waals surface area contributed by atoms with E-state index in [1.165, 1.54) is 17.6 Å². The van der Waals surface area contributed by atoms with Crippen molar-refractivity contribution in [2.24, 2.45) is 7.05 Å². The molecule has 2 rings (SSSR count).